The summed E-state index contributed by atoms with van der Waals surface area (Å²) >= 11 is 0. The molecule has 1 atom stereocenters. The molecule has 5 heteroatoms. The number of amides is 2. The normalized spacial score (nSPS) is 12.3. The summed E-state index contributed by atoms with van der Waals surface area (Å²) in [4.78, 5) is 27.4. The van der Waals surface area contributed by atoms with Crippen molar-refractivity contribution >= 4 is 11.8 Å². The number of halogens is 1. The van der Waals surface area contributed by atoms with Crippen molar-refractivity contribution in [1.82, 2.24) is 10.2 Å². The van der Waals surface area contributed by atoms with Gasteiger partial charge < -0.3 is 10.2 Å². The van der Waals surface area contributed by atoms with E-state index in [-0.39, 0.29) is 29.6 Å². The first-order valence-corrected chi connectivity index (χ1v) is 11.1. The van der Waals surface area contributed by atoms with Gasteiger partial charge in [-0.15, -0.1) is 0 Å². The number of carbonyl (C=O) groups excluding carboxylic acids is 2. The molecule has 0 saturated carbocycles. The van der Waals surface area contributed by atoms with Crippen molar-refractivity contribution in [3.8, 4) is 0 Å². The van der Waals surface area contributed by atoms with Crippen LogP contribution in [-0.4, -0.2) is 29.3 Å². The summed E-state index contributed by atoms with van der Waals surface area (Å²) in [5, 5.41) is 2.83. The van der Waals surface area contributed by atoms with E-state index in [1.807, 2.05) is 13.8 Å². The molecule has 1 N–H and O–H groups in total. The Kier molecular flexibility index (Phi) is 8.78. The second-order valence-corrected chi connectivity index (χ2v) is 8.91. The Bertz CT molecular complexity index is 854. The van der Waals surface area contributed by atoms with Gasteiger partial charge in [-0.05, 0) is 54.0 Å². The molecule has 2 rings (SSSR count). The van der Waals surface area contributed by atoms with Crippen molar-refractivity contribution in [3.05, 3.63) is 71.0 Å². The van der Waals surface area contributed by atoms with Crippen LogP contribution in [0.5, 0.6) is 0 Å². The van der Waals surface area contributed by atoms with Crippen LogP contribution in [0.25, 0.3) is 0 Å². The lowest BCUT2D eigenvalue weighted by Gasteiger charge is -2.30. The predicted molar refractivity (Wildman–Crippen MR) is 123 cm³/mol. The molecule has 0 bridgehead atoms. The van der Waals surface area contributed by atoms with Crippen LogP contribution in [0, 0.1) is 5.82 Å². The fraction of sp³-hybridized carbons (Fsp3) is 0.462. The van der Waals surface area contributed by atoms with Crippen molar-refractivity contribution in [2.24, 2.45) is 0 Å². The molecule has 31 heavy (non-hydrogen) atoms. The average molecular weight is 427 g/mol. The maximum absolute atomic E-state index is 13.3. The van der Waals surface area contributed by atoms with Gasteiger partial charge in [0.2, 0.25) is 11.8 Å². The third kappa shape index (κ3) is 7.20. The van der Waals surface area contributed by atoms with Gasteiger partial charge in [0.15, 0.2) is 0 Å². The molecule has 0 aliphatic heterocycles. The van der Waals surface area contributed by atoms with Crippen LogP contribution < -0.4 is 5.32 Å². The molecule has 0 heterocycles. The van der Waals surface area contributed by atoms with E-state index in [1.165, 1.54) is 17.7 Å². The zero-order valence-electron chi connectivity index (χ0n) is 19.4. The highest BCUT2D eigenvalue weighted by atomic mass is 19.1. The monoisotopic (exact) mass is 426 g/mol. The van der Waals surface area contributed by atoms with Crippen molar-refractivity contribution in [1.29, 1.82) is 0 Å². The highest BCUT2D eigenvalue weighted by Gasteiger charge is 2.28. The summed E-state index contributed by atoms with van der Waals surface area (Å²) in [6.45, 7) is 11.1. The highest BCUT2D eigenvalue weighted by Crippen LogP contribution is 2.23. The molecule has 2 aromatic rings. The second kappa shape index (κ2) is 11.1. The Morgan fingerprint density at radius 2 is 1.55 bits per heavy atom. The number of aryl methyl sites for hydroxylation is 1. The molecule has 0 spiro atoms. The quantitative estimate of drug-likeness (QED) is 0.613. The molecule has 2 aromatic carbocycles. The summed E-state index contributed by atoms with van der Waals surface area (Å²) in [5.41, 5.74) is 3.23. The molecule has 1 unspecified atom stereocenters. The number of benzene rings is 2. The molecule has 2 amide bonds. The Morgan fingerprint density at radius 1 is 0.968 bits per heavy atom. The van der Waals surface area contributed by atoms with E-state index in [9.17, 15) is 14.0 Å². The van der Waals surface area contributed by atoms with Gasteiger partial charge in [-0.2, -0.15) is 0 Å². The third-order valence-corrected chi connectivity index (χ3v) is 5.45. The Balaban J connectivity index is 2.16. The summed E-state index contributed by atoms with van der Waals surface area (Å²) in [6, 6.07) is 13.9. The molecule has 0 aliphatic carbocycles. The minimum Gasteiger partial charge on any atom is -0.355 e. The zero-order valence-corrected chi connectivity index (χ0v) is 19.4. The molecular formula is C26H35FN2O2. The van der Waals surface area contributed by atoms with E-state index in [0.29, 0.717) is 25.8 Å². The highest BCUT2D eigenvalue weighted by molar-refractivity contribution is 5.87. The maximum atomic E-state index is 13.3. The molecule has 168 valence electrons. The van der Waals surface area contributed by atoms with Crippen molar-refractivity contribution in [3.63, 3.8) is 0 Å². The van der Waals surface area contributed by atoms with E-state index < -0.39 is 6.04 Å². The first-order valence-electron chi connectivity index (χ1n) is 11.1. The second-order valence-electron chi connectivity index (χ2n) is 8.91. The van der Waals surface area contributed by atoms with E-state index in [0.717, 1.165) is 11.1 Å². The predicted octanol–water partition coefficient (Wildman–Crippen LogP) is 5.00. The van der Waals surface area contributed by atoms with Crippen LogP contribution in [0.15, 0.2) is 48.5 Å². The van der Waals surface area contributed by atoms with Gasteiger partial charge in [0.25, 0.3) is 0 Å². The molecule has 0 saturated heterocycles. The summed E-state index contributed by atoms with van der Waals surface area (Å²) < 4.78 is 13.3. The van der Waals surface area contributed by atoms with E-state index in [1.54, 1.807) is 17.0 Å². The first-order chi connectivity index (χ1) is 14.7. The van der Waals surface area contributed by atoms with Crippen LogP contribution in [-0.2, 0) is 28.0 Å². The van der Waals surface area contributed by atoms with Crippen LogP contribution in [0.1, 0.15) is 64.2 Å². The van der Waals surface area contributed by atoms with Crippen molar-refractivity contribution in [2.45, 2.75) is 71.9 Å². The topological polar surface area (TPSA) is 49.4 Å². The summed E-state index contributed by atoms with van der Waals surface area (Å²) in [7, 11) is 0. The van der Waals surface area contributed by atoms with Crippen molar-refractivity contribution in [2.75, 3.05) is 6.54 Å². The zero-order chi connectivity index (χ0) is 23.0. The standard InChI is InChI=1S/C26H35FN2O2/c1-6-23(25(31)28-7-2)29(18-20-10-15-22(27)16-11-20)24(30)17-12-19-8-13-21(14-9-19)26(3,4)5/h8-11,13-16,23H,6-7,12,17-18H2,1-5H3,(H,28,31). The first kappa shape index (κ1) is 24.6. The number of hydrogen-bond acceptors (Lipinski definition) is 2. The molecule has 0 radical (unpaired) electrons. The number of nitrogens with zero attached hydrogens (tertiary/aromatic N) is 1. The molecule has 0 aromatic heterocycles. The summed E-state index contributed by atoms with van der Waals surface area (Å²) in [5.74, 6) is -0.562. The van der Waals surface area contributed by atoms with Gasteiger partial charge in [0, 0.05) is 19.5 Å². The van der Waals surface area contributed by atoms with Gasteiger partial charge in [0.05, 0.1) is 0 Å². The minimum absolute atomic E-state index is 0.0812. The number of carbonyl (C=O) groups is 2. The van der Waals surface area contributed by atoms with E-state index in [4.69, 9.17) is 0 Å². The van der Waals surface area contributed by atoms with Crippen molar-refractivity contribution < 1.29 is 14.0 Å². The van der Waals surface area contributed by atoms with Crippen LogP contribution >= 0.6 is 0 Å². The molecular weight excluding hydrogens is 391 g/mol. The number of nitrogens with one attached hydrogen (secondary N) is 1. The lowest BCUT2D eigenvalue weighted by molar-refractivity contribution is -0.141. The lowest BCUT2D eigenvalue weighted by atomic mass is 9.86. The van der Waals surface area contributed by atoms with Gasteiger partial charge in [0.1, 0.15) is 11.9 Å². The summed E-state index contributed by atoms with van der Waals surface area (Å²) in [6.07, 6.45) is 1.43. The van der Waals surface area contributed by atoms with Crippen LogP contribution in [0.4, 0.5) is 4.39 Å². The smallest absolute Gasteiger partial charge is 0.242 e. The van der Waals surface area contributed by atoms with Gasteiger partial charge in [-0.3, -0.25) is 9.59 Å². The minimum atomic E-state index is -0.555. The fourth-order valence-electron chi connectivity index (χ4n) is 3.56. The Morgan fingerprint density at radius 3 is 2.06 bits per heavy atom. The van der Waals surface area contributed by atoms with Gasteiger partial charge >= 0.3 is 0 Å². The van der Waals surface area contributed by atoms with Gasteiger partial charge in [-0.25, -0.2) is 4.39 Å². The van der Waals surface area contributed by atoms with Crippen LogP contribution in [0.3, 0.4) is 0 Å². The number of rotatable bonds is 9. The maximum Gasteiger partial charge on any atom is 0.242 e. The lowest BCUT2D eigenvalue weighted by Crippen LogP contribution is -2.49. The Hall–Kier alpha value is -2.69. The molecule has 0 aliphatic rings. The third-order valence-electron chi connectivity index (χ3n) is 5.45. The number of likely N-dealkylation sites (N-methyl/N-ethyl adjacent to an activating group) is 1. The van der Waals surface area contributed by atoms with E-state index >= 15 is 0 Å². The SMILES string of the molecule is CCNC(=O)C(CC)N(Cc1ccc(F)cc1)C(=O)CCc1ccc(C(C)(C)C)cc1. The number of hydrogen-bond donors (Lipinski definition) is 1. The fourth-order valence-corrected chi connectivity index (χ4v) is 3.56. The molecule has 4 nitrogen and oxygen atoms in total. The average Bonchev–Trinajstić information content (AvgIpc) is 2.73. The largest absolute Gasteiger partial charge is 0.355 e. The van der Waals surface area contributed by atoms with Crippen LogP contribution in [0.2, 0.25) is 0 Å². The molecule has 0 fully saturated rings. The van der Waals surface area contributed by atoms with E-state index in [2.05, 4.69) is 50.4 Å². The Labute approximate surface area is 185 Å². The van der Waals surface area contributed by atoms with Gasteiger partial charge in [-0.1, -0.05) is 64.1 Å².